The SMILES string of the molecule is Cc1nc(N(C)C)cc(N2CCN(S(=O)(=O)c3cccc(C(F)(F)F)c3)CC2)n1. The number of alkyl halides is 3. The summed E-state index contributed by atoms with van der Waals surface area (Å²) in [5, 5.41) is 0. The summed E-state index contributed by atoms with van der Waals surface area (Å²) < 4.78 is 65.6. The van der Waals surface area contributed by atoms with E-state index in [1.165, 1.54) is 10.4 Å². The van der Waals surface area contributed by atoms with Gasteiger partial charge < -0.3 is 9.80 Å². The monoisotopic (exact) mass is 429 g/mol. The number of hydrogen-bond acceptors (Lipinski definition) is 6. The Morgan fingerprint density at radius 2 is 1.69 bits per heavy atom. The van der Waals surface area contributed by atoms with Crippen molar-refractivity contribution in [3.05, 3.63) is 41.7 Å². The zero-order valence-corrected chi connectivity index (χ0v) is 17.1. The lowest BCUT2D eigenvalue weighted by Gasteiger charge is -2.35. The van der Waals surface area contributed by atoms with Gasteiger partial charge in [-0.3, -0.25) is 0 Å². The first kappa shape index (κ1) is 21.3. The van der Waals surface area contributed by atoms with Crippen LogP contribution in [0.15, 0.2) is 35.2 Å². The number of hydrogen-bond donors (Lipinski definition) is 0. The molecule has 3 rings (SSSR count). The fourth-order valence-electron chi connectivity index (χ4n) is 3.07. The van der Waals surface area contributed by atoms with Gasteiger partial charge in [0.05, 0.1) is 10.5 Å². The highest BCUT2D eigenvalue weighted by molar-refractivity contribution is 7.89. The average Bonchev–Trinajstić information content (AvgIpc) is 2.67. The van der Waals surface area contributed by atoms with Crippen LogP contribution in [0.2, 0.25) is 0 Å². The molecule has 29 heavy (non-hydrogen) atoms. The smallest absolute Gasteiger partial charge is 0.363 e. The van der Waals surface area contributed by atoms with E-state index in [0.29, 0.717) is 30.8 Å². The number of aromatic nitrogens is 2. The molecule has 2 heterocycles. The van der Waals surface area contributed by atoms with Crippen molar-refractivity contribution in [2.75, 3.05) is 50.1 Å². The van der Waals surface area contributed by atoms with Gasteiger partial charge in [-0.25, -0.2) is 18.4 Å². The highest BCUT2D eigenvalue weighted by atomic mass is 32.2. The lowest BCUT2D eigenvalue weighted by atomic mass is 10.2. The van der Waals surface area contributed by atoms with E-state index in [4.69, 9.17) is 0 Å². The minimum atomic E-state index is -4.60. The van der Waals surface area contributed by atoms with Crippen LogP contribution in [0.3, 0.4) is 0 Å². The van der Waals surface area contributed by atoms with Gasteiger partial charge in [-0.05, 0) is 25.1 Å². The first-order chi connectivity index (χ1) is 13.5. The number of piperazine rings is 1. The highest BCUT2D eigenvalue weighted by Gasteiger charge is 2.34. The van der Waals surface area contributed by atoms with Crippen LogP contribution in [0.25, 0.3) is 0 Å². The molecule has 1 aliphatic rings. The second-order valence-electron chi connectivity index (χ2n) is 6.94. The third-order valence-electron chi connectivity index (χ3n) is 4.63. The molecular weight excluding hydrogens is 407 g/mol. The second kappa shape index (κ2) is 7.79. The zero-order valence-electron chi connectivity index (χ0n) is 16.3. The van der Waals surface area contributed by atoms with Crippen molar-refractivity contribution in [2.24, 2.45) is 0 Å². The summed E-state index contributed by atoms with van der Waals surface area (Å²) in [4.78, 5) is 12.2. The minimum Gasteiger partial charge on any atom is -0.363 e. The molecule has 1 fully saturated rings. The Hall–Kier alpha value is -2.40. The summed E-state index contributed by atoms with van der Waals surface area (Å²) in [5.74, 6) is 2.04. The van der Waals surface area contributed by atoms with Gasteiger partial charge in [0.1, 0.15) is 17.5 Å². The van der Waals surface area contributed by atoms with Crippen LogP contribution in [0.5, 0.6) is 0 Å². The van der Waals surface area contributed by atoms with Crippen LogP contribution in [0.4, 0.5) is 24.8 Å². The normalized spacial score (nSPS) is 16.1. The molecule has 0 bridgehead atoms. The Morgan fingerprint density at radius 3 is 2.28 bits per heavy atom. The van der Waals surface area contributed by atoms with Gasteiger partial charge in [-0.1, -0.05) is 6.07 Å². The lowest BCUT2D eigenvalue weighted by Crippen LogP contribution is -2.49. The van der Waals surface area contributed by atoms with E-state index in [1.54, 1.807) is 6.92 Å². The number of sulfonamides is 1. The molecule has 1 aromatic heterocycles. The van der Waals surface area contributed by atoms with Crippen LogP contribution in [-0.4, -0.2) is 63.0 Å². The second-order valence-corrected chi connectivity index (χ2v) is 8.88. The van der Waals surface area contributed by atoms with Crippen molar-refractivity contribution in [3.63, 3.8) is 0 Å². The first-order valence-electron chi connectivity index (χ1n) is 8.94. The van der Waals surface area contributed by atoms with Gasteiger partial charge in [0.15, 0.2) is 0 Å². The molecule has 0 amide bonds. The fourth-order valence-corrected chi connectivity index (χ4v) is 4.54. The van der Waals surface area contributed by atoms with Gasteiger partial charge >= 0.3 is 6.18 Å². The molecule has 1 aliphatic heterocycles. The van der Waals surface area contributed by atoms with Crippen molar-refractivity contribution in [2.45, 2.75) is 18.0 Å². The van der Waals surface area contributed by atoms with Crippen LogP contribution in [0.1, 0.15) is 11.4 Å². The van der Waals surface area contributed by atoms with Crippen molar-refractivity contribution in [1.82, 2.24) is 14.3 Å². The van der Waals surface area contributed by atoms with Crippen molar-refractivity contribution in [1.29, 1.82) is 0 Å². The zero-order chi connectivity index (χ0) is 21.4. The van der Waals surface area contributed by atoms with Gasteiger partial charge in [-0.15, -0.1) is 0 Å². The molecular formula is C18H22F3N5O2S. The highest BCUT2D eigenvalue weighted by Crippen LogP contribution is 2.31. The van der Waals surface area contributed by atoms with Crippen LogP contribution in [-0.2, 0) is 16.2 Å². The molecule has 0 saturated carbocycles. The molecule has 11 heteroatoms. The lowest BCUT2D eigenvalue weighted by molar-refractivity contribution is -0.137. The van der Waals surface area contributed by atoms with Gasteiger partial charge in [0, 0.05) is 46.3 Å². The number of aryl methyl sites for hydroxylation is 1. The Balaban J connectivity index is 1.77. The predicted octanol–water partition coefficient (Wildman–Crippen LogP) is 2.38. The maximum absolute atomic E-state index is 12.9. The molecule has 158 valence electrons. The molecule has 7 nitrogen and oxygen atoms in total. The summed E-state index contributed by atoms with van der Waals surface area (Å²) >= 11 is 0. The molecule has 0 atom stereocenters. The predicted molar refractivity (Wildman–Crippen MR) is 104 cm³/mol. The molecule has 0 unspecified atom stereocenters. The maximum Gasteiger partial charge on any atom is 0.416 e. The number of anilines is 2. The summed E-state index contributed by atoms with van der Waals surface area (Å²) in [6, 6.07) is 5.66. The molecule has 1 aromatic carbocycles. The number of halogens is 3. The summed E-state index contributed by atoms with van der Waals surface area (Å²) in [6.07, 6.45) is -4.60. The van der Waals surface area contributed by atoms with Gasteiger partial charge in [0.25, 0.3) is 0 Å². The van der Waals surface area contributed by atoms with E-state index in [-0.39, 0.29) is 18.0 Å². The van der Waals surface area contributed by atoms with Crippen molar-refractivity contribution >= 4 is 21.7 Å². The molecule has 0 N–H and O–H groups in total. The topological polar surface area (TPSA) is 69.6 Å². The molecule has 0 aliphatic carbocycles. The third-order valence-corrected chi connectivity index (χ3v) is 6.53. The van der Waals surface area contributed by atoms with E-state index in [9.17, 15) is 21.6 Å². The van der Waals surface area contributed by atoms with E-state index < -0.39 is 21.8 Å². The fraction of sp³-hybridized carbons (Fsp3) is 0.444. The Bertz CT molecular complexity index is 987. The van der Waals surface area contributed by atoms with Gasteiger partial charge in [0.2, 0.25) is 10.0 Å². The number of benzene rings is 1. The van der Waals surface area contributed by atoms with Crippen LogP contribution in [0, 0.1) is 6.92 Å². The quantitative estimate of drug-likeness (QED) is 0.744. The van der Waals surface area contributed by atoms with Crippen LogP contribution >= 0.6 is 0 Å². The summed E-state index contributed by atoms with van der Waals surface area (Å²) in [5.41, 5.74) is -0.982. The minimum absolute atomic E-state index is 0.152. The Morgan fingerprint density at radius 1 is 1.03 bits per heavy atom. The summed E-state index contributed by atoms with van der Waals surface area (Å²) in [6.45, 7) is 2.84. The van der Waals surface area contributed by atoms with Crippen molar-refractivity contribution in [3.8, 4) is 0 Å². The van der Waals surface area contributed by atoms with E-state index >= 15 is 0 Å². The maximum atomic E-state index is 12.9. The van der Waals surface area contributed by atoms with E-state index in [1.807, 2.05) is 30.0 Å². The largest absolute Gasteiger partial charge is 0.416 e. The third kappa shape index (κ3) is 4.61. The molecule has 0 spiro atoms. The van der Waals surface area contributed by atoms with E-state index in [2.05, 4.69) is 9.97 Å². The Kier molecular flexibility index (Phi) is 5.72. The van der Waals surface area contributed by atoms with E-state index in [0.717, 1.165) is 18.0 Å². The number of rotatable bonds is 4. The standard InChI is InChI=1S/C18H22F3N5O2S/c1-13-22-16(24(2)3)12-17(23-13)25-7-9-26(10-8-25)29(27,28)15-6-4-5-14(11-15)18(19,20)21/h4-6,11-12H,7-10H2,1-3H3. The molecule has 2 aromatic rings. The molecule has 0 radical (unpaired) electrons. The van der Waals surface area contributed by atoms with Crippen LogP contribution < -0.4 is 9.80 Å². The molecule has 1 saturated heterocycles. The Labute approximate surface area is 167 Å². The first-order valence-corrected chi connectivity index (χ1v) is 10.4. The van der Waals surface area contributed by atoms with Gasteiger partial charge in [-0.2, -0.15) is 17.5 Å². The number of nitrogens with zero attached hydrogens (tertiary/aromatic N) is 5. The average molecular weight is 429 g/mol. The van der Waals surface area contributed by atoms with Crippen molar-refractivity contribution < 1.29 is 21.6 Å². The summed E-state index contributed by atoms with van der Waals surface area (Å²) in [7, 11) is -0.282.